The highest BCUT2D eigenvalue weighted by atomic mass is 16.5. The van der Waals surface area contributed by atoms with Crippen molar-refractivity contribution >= 4 is 11.9 Å². The smallest absolute Gasteiger partial charge is 0.313 e. The number of ether oxygens (including phenoxy) is 2. The largest absolute Gasteiger partial charge is 0.465 e. The Balaban J connectivity index is 2.07. The van der Waals surface area contributed by atoms with E-state index in [0.29, 0.717) is 19.4 Å². The lowest BCUT2D eigenvalue weighted by Crippen LogP contribution is -2.42. The van der Waals surface area contributed by atoms with E-state index in [-0.39, 0.29) is 24.0 Å². The van der Waals surface area contributed by atoms with Gasteiger partial charge in [-0.2, -0.15) is 0 Å². The molecule has 25 heavy (non-hydrogen) atoms. The molecule has 0 aromatic heterocycles. The van der Waals surface area contributed by atoms with Gasteiger partial charge in [0.2, 0.25) is 0 Å². The summed E-state index contributed by atoms with van der Waals surface area (Å²) in [6.45, 7) is 8.68. The molecule has 0 saturated heterocycles. The molecule has 0 radical (unpaired) electrons. The van der Waals surface area contributed by atoms with Crippen LogP contribution in [-0.2, 0) is 25.7 Å². The van der Waals surface area contributed by atoms with E-state index in [0.717, 1.165) is 18.4 Å². The Hall–Kier alpha value is -1.84. The average molecular weight is 346 g/mol. The van der Waals surface area contributed by atoms with Gasteiger partial charge in [0.15, 0.2) is 0 Å². The molecule has 0 heterocycles. The summed E-state index contributed by atoms with van der Waals surface area (Å²) in [4.78, 5) is 25.5. The van der Waals surface area contributed by atoms with Gasteiger partial charge in [-0.3, -0.25) is 9.59 Å². The molecule has 0 amide bonds. The zero-order valence-corrected chi connectivity index (χ0v) is 15.8. The number of carbonyl (C=O) groups excluding carboxylic acids is 2. The number of esters is 2. The summed E-state index contributed by atoms with van der Waals surface area (Å²) in [6.07, 6.45) is 3.18. The number of rotatable bonds is 8. The molecule has 0 aliphatic heterocycles. The molecule has 0 N–H and O–H groups in total. The standard InChI is InChI=1S/C21H30O4/c1-5-6-14-24-18(22)17(20(2,3)4)21(12-13-21)19(23)25-15-16-10-8-7-9-11-16/h7-11,17H,5-6,12-15H2,1-4H3. The summed E-state index contributed by atoms with van der Waals surface area (Å²) in [7, 11) is 0. The highest BCUT2D eigenvalue weighted by Crippen LogP contribution is 2.58. The van der Waals surface area contributed by atoms with Gasteiger partial charge in [-0.05, 0) is 30.2 Å². The van der Waals surface area contributed by atoms with E-state index in [9.17, 15) is 9.59 Å². The fourth-order valence-corrected chi connectivity index (χ4v) is 3.42. The topological polar surface area (TPSA) is 52.6 Å². The second kappa shape index (κ2) is 8.03. The minimum Gasteiger partial charge on any atom is -0.465 e. The van der Waals surface area contributed by atoms with E-state index >= 15 is 0 Å². The van der Waals surface area contributed by atoms with Crippen molar-refractivity contribution in [2.75, 3.05) is 6.61 Å². The Bertz CT molecular complexity index is 582. The van der Waals surface area contributed by atoms with Crippen molar-refractivity contribution in [2.24, 2.45) is 16.7 Å². The van der Waals surface area contributed by atoms with Crippen LogP contribution in [0.3, 0.4) is 0 Å². The second-order valence-electron chi connectivity index (χ2n) is 8.04. The van der Waals surface area contributed by atoms with Crippen molar-refractivity contribution in [1.29, 1.82) is 0 Å². The zero-order chi connectivity index (χ0) is 18.5. The number of unbranched alkanes of at least 4 members (excludes halogenated alkanes) is 1. The SMILES string of the molecule is CCCCOC(=O)C(C(C)(C)C)C1(C(=O)OCc2ccccc2)CC1. The number of carbonyl (C=O) groups is 2. The summed E-state index contributed by atoms with van der Waals surface area (Å²) in [5.74, 6) is -1.01. The predicted octanol–water partition coefficient (Wildman–Crippen LogP) is 4.52. The van der Waals surface area contributed by atoms with Crippen LogP contribution in [0.15, 0.2) is 30.3 Å². The van der Waals surface area contributed by atoms with E-state index in [2.05, 4.69) is 6.92 Å². The van der Waals surface area contributed by atoms with Gasteiger partial charge in [-0.1, -0.05) is 64.4 Å². The van der Waals surface area contributed by atoms with Gasteiger partial charge in [-0.25, -0.2) is 0 Å². The highest BCUT2D eigenvalue weighted by Gasteiger charge is 2.63. The summed E-state index contributed by atoms with van der Waals surface area (Å²) in [5.41, 5.74) is -0.133. The summed E-state index contributed by atoms with van der Waals surface area (Å²) < 4.78 is 11.0. The van der Waals surface area contributed by atoms with Gasteiger partial charge in [0.1, 0.15) is 6.61 Å². The summed E-state index contributed by atoms with van der Waals surface area (Å²) in [5, 5.41) is 0. The maximum atomic E-state index is 12.8. The van der Waals surface area contributed by atoms with Crippen LogP contribution in [0.2, 0.25) is 0 Å². The summed E-state index contributed by atoms with van der Waals surface area (Å²) in [6, 6.07) is 9.61. The van der Waals surface area contributed by atoms with Crippen molar-refractivity contribution in [3.05, 3.63) is 35.9 Å². The zero-order valence-electron chi connectivity index (χ0n) is 15.8. The van der Waals surface area contributed by atoms with Crippen LogP contribution >= 0.6 is 0 Å². The Morgan fingerprint density at radius 3 is 2.28 bits per heavy atom. The molecular formula is C21H30O4. The molecule has 1 aliphatic carbocycles. The molecule has 0 spiro atoms. The summed E-state index contributed by atoms with van der Waals surface area (Å²) >= 11 is 0. The molecule has 1 atom stereocenters. The molecule has 1 saturated carbocycles. The minimum absolute atomic E-state index is 0.239. The molecule has 138 valence electrons. The normalized spacial score (nSPS) is 16.8. The first-order valence-electron chi connectivity index (χ1n) is 9.19. The van der Waals surface area contributed by atoms with Crippen molar-refractivity contribution in [3.63, 3.8) is 0 Å². The van der Waals surface area contributed by atoms with Gasteiger partial charge in [0, 0.05) is 0 Å². The van der Waals surface area contributed by atoms with Gasteiger partial charge in [0.05, 0.1) is 17.9 Å². The fraction of sp³-hybridized carbons (Fsp3) is 0.619. The lowest BCUT2D eigenvalue weighted by Gasteiger charge is -2.34. The Morgan fingerprint density at radius 2 is 1.76 bits per heavy atom. The Labute approximate surface area is 150 Å². The Morgan fingerprint density at radius 1 is 1.12 bits per heavy atom. The van der Waals surface area contributed by atoms with E-state index in [1.54, 1.807) is 0 Å². The molecule has 1 aromatic carbocycles. The molecule has 4 heteroatoms. The molecule has 0 bridgehead atoms. The molecule has 1 aliphatic rings. The van der Waals surface area contributed by atoms with Gasteiger partial charge < -0.3 is 9.47 Å². The van der Waals surface area contributed by atoms with Gasteiger partial charge in [-0.15, -0.1) is 0 Å². The van der Waals surface area contributed by atoms with Crippen LogP contribution in [0.25, 0.3) is 0 Å². The third kappa shape index (κ3) is 4.83. The van der Waals surface area contributed by atoms with Crippen molar-refractivity contribution in [1.82, 2.24) is 0 Å². The van der Waals surface area contributed by atoms with E-state index in [4.69, 9.17) is 9.47 Å². The molecule has 2 rings (SSSR count). The fourth-order valence-electron chi connectivity index (χ4n) is 3.42. The maximum Gasteiger partial charge on any atom is 0.313 e. The van der Waals surface area contributed by atoms with Crippen LogP contribution in [0.4, 0.5) is 0 Å². The first kappa shape index (κ1) is 19.5. The van der Waals surface area contributed by atoms with Crippen LogP contribution < -0.4 is 0 Å². The van der Waals surface area contributed by atoms with Crippen molar-refractivity contribution < 1.29 is 19.1 Å². The van der Waals surface area contributed by atoms with Crippen molar-refractivity contribution in [2.45, 2.75) is 60.0 Å². The quantitative estimate of drug-likeness (QED) is 0.513. The van der Waals surface area contributed by atoms with E-state index in [1.165, 1.54) is 0 Å². The highest BCUT2D eigenvalue weighted by molar-refractivity contribution is 5.88. The van der Waals surface area contributed by atoms with Gasteiger partial charge >= 0.3 is 11.9 Å². The maximum absolute atomic E-state index is 12.8. The van der Waals surface area contributed by atoms with Gasteiger partial charge in [0.25, 0.3) is 0 Å². The van der Waals surface area contributed by atoms with Crippen LogP contribution in [0.1, 0.15) is 58.9 Å². The van der Waals surface area contributed by atoms with Crippen LogP contribution in [-0.4, -0.2) is 18.5 Å². The Kier molecular flexibility index (Phi) is 6.26. The molecule has 4 nitrogen and oxygen atoms in total. The molecular weight excluding hydrogens is 316 g/mol. The van der Waals surface area contributed by atoms with Crippen molar-refractivity contribution in [3.8, 4) is 0 Å². The minimum atomic E-state index is -0.726. The number of hydrogen-bond donors (Lipinski definition) is 0. The first-order valence-corrected chi connectivity index (χ1v) is 9.19. The van der Waals surface area contributed by atoms with Crippen LogP contribution in [0.5, 0.6) is 0 Å². The second-order valence-corrected chi connectivity index (χ2v) is 8.04. The lowest BCUT2D eigenvalue weighted by molar-refractivity contribution is -0.168. The third-order valence-corrected chi connectivity index (χ3v) is 4.80. The average Bonchev–Trinajstić information content (AvgIpc) is 3.34. The molecule has 1 fully saturated rings. The number of benzene rings is 1. The third-order valence-electron chi connectivity index (χ3n) is 4.80. The van der Waals surface area contributed by atoms with E-state index < -0.39 is 11.3 Å². The predicted molar refractivity (Wildman–Crippen MR) is 96.7 cm³/mol. The van der Waals surface area contributed by atoms with Crippen LogP contribution in [0, 0.1) is 16.7 Å². The molecule has 1 unspecified atom stereocenters. The monoisotopic (exact) mass is 346 g/mol. The van der Waals surface area contributed by atoms with E-state index in [1.807, 2.05) is 51.1 Å². The molecule has 1 aromatic rings. The number of hydrogen-bond acceptors (Lipinski definition) is 4. The lowest BCUT2D eigenvalue weighted by atomic mass is 9.71. The first-order chi connectivity index (χ1) is 11.8.